The van der Waals surface area contributed by atoms with Gasteiger partial charge in [0.25, 0.3) is 0 Å². The second-order valence-electron chi connectivity index (χ2n) is 6.55. The number of para-hydroxylation sites is 1. The highest BCUT2D eigenvalue weighted by Gasteiger charge is 2.08. The Bertz CT molecular complexity index is 1110. The molecule has 6 nitrogen and oxygen atoms in total. The van der Waals surface area contributed by atoms with Gasteiger partial charge in [-0.2, -0.15) is 4.98 Å². The molecule has 0 bridgehead atoms. The molecule has 4 rings (SSSR count). The van der Waals surface area contributed by atoms with Crippen LogP contribution in [-0.2, 0) is 11.2 Å². The van der Waals surface area contributed by atoms with Crippen LogP contribution in [0.15, 0.2) is 66.0 Å². The summed E-state index contributed by atoms with van der Waals surface area (Å²) in [6.07, 6.45) is 0.948. The summed E-state index contributed by atoms with van der Waals surface area (Å²) in [5, 5.41) is 12.5. The molecule has 0 aliphatic rings. The zero-order valence-electron chi connectivity index (χ0n) is 16.0. The van der Waals surface area contributed by atoms with Crippen LogP contribution in [0.25, 0.3) is 10.9 Å². The Hall–Kier alpha value is -3.45. The van der Waals surface area contributed by atoms with Gasteiger partial charge in [-0.3, -0.25) is 4.79 Å². The van der Waals surface area contributed by atoms with Crippen molar-refractivity contribution in [2.75, 3.05) is 22.5 Å². The lowest BCUT2D eigenvalue weighted by molar-refractivity contribution is -0.114. The quantitative estimate of drug-likeness (QED) is 0.402. The van der Waals surface area contributed by atoms with E-state index in [4.69, 9.17) is 0 Å². The lowest BCUT2D eigenvalue weighted by Crippen LogP contribution is -2.08. The molecule has 0 radical (unpaired) electrons. The van der Waals surface area contributed by atoms with Crippen LogP contribution in [0.4, 0.5) is 23.1 Å². The van der Waals surface area contributed by atoms with Gasteiger partial charge in [-0.15, -0.1) is 11.3 Å². The number of amides is 1. The Kier molecular flexibility index (Phi) is 5.67. The summed E-state index contributed by atoms with van der Waals surface area (Å²) in [5.74, 6) is 1.24. The number of anilines is 4. The summed E-state index contributed by atoms with van der Waals surface area (Å²) in [4.78, 5) is 21.8. The third kappa shape index (κ3) is 4.89. The molecule has 0 spiro atoms. The zero-order valence-corrected chi connectivity index (χ0v) is 16.8. The number of hydrogen-bond donors (Lipinski definition) is 3. The molecule has 0 saturated carbocycles. The van der Waals surface area contributed by atoms with E-state index in [1.54, 1.807) is 11.3 Å². The first-order valence-corrected chi connectivity index (χ1v) is 10.2. The van der Waals surface area contributed by atoms with Crippen LogP contribution in [0, 0.1) is 0 Å². The van der Waals surface area contributed by atoms with Gasteiger partial charge in [0.2, 0.25) is 11.9 Å². The Balaban J connectivity index is 1.53. The average Bonchev–Trinajstić information content (AvgIpc) is 3.23. The molecule has 3 N–H and O–H groups in total. The maximum atomic E-state index is 11.2. The van der Waals surface area contributed by atoms with E-state index < -0.39 is 0 Å². The predicted molar refractivity (Wildman–Crippen MR) is 120 cm³/mol. The number of thiophene rings is 1. The molecule has 0 saturated heterocycles. The molecule has 2 aromatic heterocycles. The fraction of sp³-hybridized carbons (Fsp3) is 0.136. The first-order chi connectivity index (χ1) is 14.2. The third-order valence-corrected chi connectivity index (χ3v) is 5.24. The fourth-order valence-electron chi connectivity index (χ4n) is 3.00. The SMILES string of the molecule is CC(=O)Nc1ccc(Nc2nc(NCCc3cccs3)c3ccccc3n2)cc1. The molecule has 2 aromatic carbocycles. The summed E-state index contributed by atoms with van der Waals surface area (Å²) in [6.45, 7) is 2.29. The first-order valence-electron chi connectivity index (χ1n) is 9.35. The minimum Gasteiger partial charge on any atom is -0.369 e. The van der Waals surface area contributed by atoms with Crippen molar-refractivity contribution in [1.82, 2.24) is 9.97 Å². The van der Waals surface area contributed by atoms with Crippen molar-refractivity contribution in [1.29, 1.82) is 0 Å². The van der Waals surface area contributed by atoms with Crippen LogP contribution in [0.3, 0.4) is 0 Å². The van der Waals surface area contributed by atoms with E-state index in [1.807, 2.05) is 48.5 Å². The van der Waals surface area contributed by atoms with Gasteiger partial charge in [0.05, 0.1) is 5.52 Å². The van der Waals surface area contributed by atoms with Crippen molar-refractivity contribution in [2.24, 2.45) is 0 Å². The van der Waals surface area contributed by atoms with Gasteiger partial charge in [-0.25, -0.2) is 4.98 Å². The molecule has 0 fully saturated rings. The van der Waals surface area contributed by atoms with Crippen LogP contribution in [-0.4, -0.2) is 22.4 Å². The number of rotatable bonds is 7. The third-order valence-electron chi connectivity index (χ3n) is 4.31. The number of nitrogens with zero attached hydrogens (tertiary/aromatic N) is 2. The van der Waals surface area contributed by atoms with Gasteiger partial charge in [-0.05, 0) is 54.3 Å². The van der Waals surface area contributed by atoms with Crippen molar-refractivity contribution in [3.05, 3.63) is 70.9 Å². The van der Waals surface area contributed by atoms with E-state index in [0.717, 1.165) is 41.1 Å². The minimum absolute atomic E-state index is 0.0955. The normalized spacial score (nSPS) is 10.7. The monoisotopic (exact) mass is 403 g/mol. The number of fused-ring (bicyclic) bond motifs is 1. The van der Waals surface area contributed by atoms with E-state index in [1.165, 1.54) is 11.8 Å². The summed E-state index contributed by atoms with van der Waals surface area (Å²) in [5.41, 5.74) is 2.47. The summed E-state index contributed by atoms with van der Waals surface area (Å²) < 4.78 is 0. The lowest BCUT2D eigenvalue weighted by atomic mass is 10.2. The van der Waals surface area contributed by atoms with E-state index in [2.05, 4.69) is 43.4 Å². The van der Waals surface area contributed by atoms with Crippen molar-refractivity contribution in [3.63, 3.8) is 0 Å². The standard InChI is InChI=1S/C22H21N5OS/c1-15(28)24-16-8-10-17(11-9-16)25-22-26-20-7-3-2-6-19(20)21(27-22)23-13-12-18-5-4-14-29-18/h2-11,14H,12-13H2,1H3,(H,24,28)(H2,23,25,26,27). The number of carbonyl (C=O) groups excluding carboxylic acids is 1. The molecule has 0 unspecified atom stereocenters. The maximum Gasteiger partial charge on any atom is 0.229 e. The van der Waals surface area contributed by atoms with Crippen LogP contribution in [0.5, 0.6) is 0 Å². The number of hydrogen-bond acceptors (Lipinski definition) is 6. The number of aromatic nitrogens is 2. The Morgan fingerprint density at radius 2 is 1.76 bits per heavy atom. The molecule has 0 atom stereocenters. The van der Waals surface area contributed by atoms with Crippen LogP contribution >= 0.6 is 11.3 Å². The highest BCUT2D eigenvalue weighted by molar-refractivity contribution is 7.09. The van der Waals surface area contributed by atoms with E-state index in [-0.39, 0.29) is 5.91 Å². The van der Waals surface area contributed by atoms with Gasteiger partial charge in [-0.1, -0.05) is 18.2 Å². The topological polar surface area (TPSA) is 78.9 Å². The van der Waals surface area contributed by atoms with Crippen molar-refractivity contribution >= 4 is 51.3 Å². The zero-order chi connectivity index (χ0) is 20.1. The largest absolute Gasteiger partial charge is 0.369 e. The lowest BCUT2D eigenvalue weighted by Gasteiger charge is -2.12. The second-order valence-corrected chi connectivity index (χ2v) is 7.58. The molecule has 0 aliphatic heterocycles. The summed E-state index contributed by atoms with van der Waals surface area (Å²) in [6, 6.07) is 19.6. The van der Waals surface area contributed by atoms with Gasteiger partial charge < -0.3 is 16.0 Å². The molecule has 29 heavy (non-hydrogen) atoms. The molecule has 0 aliphatic carbocycles. The van der Waals surface area contributed by atoms with Gasteiger partial charge >= 0.3 is 0 Å². The Morgan fingerprint density at radius 1 is 0.966 bits per heavy atom. The molecule has 4 aromatic rings. The number of carbonyl (C=O) groups is 1. The van der Waals surface area contributed by atoms with Gasteiger partial charge in [0.1, 0.15) is 5.82 Å². The van der Waals surface area contributed by atoms with Gasteiger partial charge in [0, 0.05) is 35.1 Å². The Morgan fingerprint density at radius 3 is 2.52 bits per heavy atom. The van der Waals surface area contributed by atoms with Crippen LogP contribution in [0.2, 0.25) is 0 Å². The maximum absolute atomic E-state index is 11.2. The van der Waals surface area contributed by atoms with Crippen molar-refractivity contribution in [2.45, 2.75) is 13.3 Å². The van der Waals surface area contributed by atoms with Crippen LogP contribution in [0.1, 0.15) is 11.8 Å². The molecule has 1 amide bonds. The average molecular weight is 404 g/mol. The highest BCUT2D eigenvalue weighted by Crippen LogP contribution is 2.24. The second kappa shape index (κ2) is 8.70. The molecular weight excluding hydrogens is 382 g/mol. The Labute approximate surface area is 173 Å². The molecule has 7 heteroatoms. The minimum atomic E-state index is -0.0955. The number of benzene rings is 2. The molecule has 146 valence electrons. The van der Waals surface area contributed by atoms with E-state index in [0.29, 0.717) is 5.95 Å². The summed E-state index contributed by atoms with van der Waals surface area (Å²) in [7, 11) is 0. The van der Waals surface area contributed by atoms with Crippen molar-refractivity contribution in [3.8, 4) is 0 Å². The number of nitrogens with one attached hydrogen (secondary N) is 3. The van der Waals surface area contributed by atoms with Crippen molar-refractivity contribution < 1.29 is 4.79 Å². The van der Waals surface area contributed by atoms with E-state index >= 15 is 0 Å². The first kappa shape index (κ1) is 18.9. The van der Waals surface area contributed by atoms with Gasteiger partial charge in [0.15, 0.2) is 0 Å². The predicted octanol–water partition coefficient (Wildman–Crippen LogP) is 5.05. The van der Waals surface area contributed by atoms with E-state index in [9.17, 15) is 4.79 Å². The molecular formula is C22H21N5OS. The smallest absolute Gasteiger partial charge is 0.229 e. The molecule has 2 heterocycles. The fourth-order valence-corrected chi connectivity index (χ4v) is 3.70. The highest BCUT2D eigenvalue weighted by atomic mass is 32.1. The summed E-state index contributed by atoms with van der Waals surface area (Å²) >= 11 is 1.76. The van der Waals surface area contributed by atoms with Crippen LogP contribution < -0.4 is 16.0 Å².